The molecule has 0 radical (unpaired) electrons. The second-order valence-electron chi connectivity index (χ2n) is 7.76. The number of para-hydroxylation sites is 2. The van der Waals surface area contributed by atoms with E-state index < -0.39 is 0 Å². The first kappa shape index (κ1) is 20.1. The van der Waals surface area contributed by atoms with Crippen molar-refractivity contribution < 1.29 is 9.59 Å². The van der Waals surface area contributed by atoms with Gasteiger partial charge in [-0.15, -0.1) is 11.3 Å². The molecule has 2 aromatic heterocycles. The molecule has 8 heteroatoms. The number of amides is 2. The fraction of sp³-hybridized carbons (Fsp3) is 0.167. The highest BCUT2D eigenvalue weighted by molar-refractivity contribution is 7.21. The molecule has 7 nitrogen and oxygen atoms in total. The zero-order chi connectivity index (χ0) is 22.2. The van der Waals surface area contributed by atoms with Gasteiger partial charge in [0.1, 0.15) is 11.4 Å². The Hall–Kier alpha value is -3.78. The van der Waals surface area contributed by atoms with Gasteiger partial charge in [0.15, 0.2) is 0 Å². The zero-order valence-corrected chi connectivity index (χ0v) is 18.1. The molecule has 0 bridgehead atoms. The van der Waals surface area contributed by atoms with E-state index in [0.29, 0.717) is 21.6 Å². The molecule has 1 atom stereocenters. The molecule has 160 valence electrons. The van der Waals surface area contributed by atoms with Crippen molar-refractivity contribution in [2.45, 2.75) is 25.9 Å². The summed E-state index contributed by atoms with van der Waals surface area (Å²) in [5, 5.41) is 3.33. The third kappa shape index (κ3) is 3.58. The van der Waals surface area contributed by atoms with Crippen molar-refractivity contribution in [1.82, 2.24) is 9.55 Å². The fourth-order valence-corrected chi connectivity index (χ4v) is 5.00. The van der Waals surface area contributed by atoms with Crippen LogP contribution < -0.4 is 15.8 Å². The van der Waals surface area contributed by atoms with Gasteiger partial charge in [0, 0.05) is 17.3 Å². The summed E-state index contributed by atoms with van der Waals surface area (Å²) >= 11 is 1.45. The van der Waals surface area contributed by atoms with Crippen molar-refractivity contribution in [1.29, 1.82) is 0 Å². The smallest absolute Gasteiger partial charge is 0.262 e. The molecule has 0 fully saturated rings. The Morgan fingerprint density at radius 1 is 1.12 bits per heavy atom. The lowest BCUT2D eigenvalue weighted by molar-refractivity contribution is -0.120. The lowest BCUT2D eigenvalue weighted by Crippen LogP contribution is -2.42. The van der Waals surface area contributed by atoms with Gasteiger partial charge in [-0.3, -0.25) is 19.0 Å². The van der Waals surface area contributed by atoms with Crippen LogP contribution in [0.1, 0.15) is 13.3 Å². The fourth-order valence-electron chi connectivity index (χ4n) is 4.01. The van der Waals surface area contributed by atoms with E-state index in [1.807, 2.05) is 49.4 Å². The molecule has 0 spiro atoms. The van der Waals surface area contributed by atoms with Crippen LogP contribution in [-0.4, -0.2) is 27.4 Å². The van der Waals surface area contributed by atoms with Crippen LogP contribution in [0.4, 0.5) is 11.4 Å². The minimum atomic E-state index is -0.343. The van der Waals surface area contributed by atoms with E-state index in [0.717, 1.165) is 10.4 Å². The van der Waals surface area contributed by atoms with E-state index in [1.165, 1.54) is 22.2 Å². The van der Waals surface area contributed by atoms with Gasteiger partial charge >= 0.3 is 0 Å². The highest BCUT2D eigenvalue weighted by Crippen LogP contribution is 2.32. The number of benzene rings is 2. The number of rotatable bonds is 3. The number of nitrogens with zero attached hydrogens (tertiary/aromatic N) is 3. The average Bonchev–Trinajstić information content (AvgIpc) is 3.17. The number of fused-ring (bicyclic) bond motifs is 2. The van der Waals surface area contributed by atoms with E-state index in [1.54, 1.807) is 23.1 Å². The second-order valence-corrected chi connectivity index (χ2v) is 8.79. The van der Waals surface area contributed by atoms with Crippen LogP contribution in [0, 0.1) is 0 Å². The van der Waals surface area contributed by atoms with Crippen LogP contribution in [0.2, 0.25) is 0 Å². The molecule has 5 rings (SSSR count). The maximum atomic E-state index is 13.3. The van der Waals surface area contributed by atoms with Gasteiger partial charge in [-0.05, 0) is 30.7 Å². The highest BCUT2D eigenvalue weighted by Gasteiger charge is 2.29. The number of aromatic nitrogens is 2. The van der Waals surface area contributed by atoms with Crippen LogP contribution in [-0.2, 0) is 16.1 Å². The minimum Gasteiger partial charge on any atom is -0.324 e. The standard InChI is InChI=1S/C24H20N4O3S/c1-15-11-21(29)26-18-9-5-6-10-19(18)28(15)22(30)13-27-14-25-23-17(24(27)31)12-20(32-23)16-7-3-2-4-8-16/h2-10,12,14-15H,11,13H2,1H3,(H,26,29)/t15-/m1/s1. The van der Waals surface area contributed by atoms with Gasteiger partial charge in [-0.1, -0.05) is 42.5 Å². The first-order valence-corrected chi connectivity index (χ1v) is 11.1. The second kappa shape index (κ2) is 8.05. The summed E-state index contributed by atoms with van der Waals surface area (Å²) in [4.78, 5) is 46.2. The van der Waals surface area contributed by atoms with Crippen molar-refractivity contribution >= 4 is 44.7 Å². The van der Waals surface area contributed by atoms with Gasteiger partial charge in [-0.25, -0.2) is 4.98 Å². The Morgan fingerprint density at radius 3 is 2.69 bits per heavy atom. The van der Waals surface area contributed by atoms with Gasteiger partial charge in [0.25, 0.3) is 5.56 Å². The third-order valence-corrected chi connectivity index (χ3v) is 6.60. The predicted molar refractivity (Wildman–Crippen MR) is 126 cm³/mol. The number of carbonyl (C=O) groups excluding carboxylic acids is 2. The van der Waals surface area contributed by atoms with E-state index >= 15 is 0 Å². The molecule has 3 heterocycles. The van der Waals surface area contributed by atoms with Crippen LogP contribution >= 0.6 is 11.3 Å². The monoisotopic (exact) mass is 444 g/mol. The molecule has 1 aliphatic heterocycles. The summed E-state index contributed by atoms with van der Waals surface area (Å²) in [7, 11) is 0. The molecule has 32 heavy (non-hydrogen) atoms. The van der Waals surface area contributed by atoms with Crippen LogP contribution in [0.25, 0.3) is 20.7 Å². The van der Waals surface area contributed by atoms with Gasteiger partial charge in [0.05, 0.1) is 23.1 Å². The number of nitrogens with one attached hydrogen (secondary N) is 1. The van der Waals surface area contributed by atoms with E-state index in [4.69, 9.17) is 0 Å². The van der Waals surface area contributed by atoms with E-state index in [9.17, 15) is 14.4 Å². The summed E-state index contributed by atoms with van der Waals surface area (Å²) in [5.41, 5.74) is 1.97. The number of anilines is 2. The van der Waals surface area contributed by atoms with Crippen LogP contribution in [0.15, 0.2) is 71.8 Å². The highest BCUT2D eigenvalue weighted by atomic mass is 32.1. The molecular formula is C24H20N4O3S. The maximum absolute atomic E-state index is 13.3. The maximum Gasteiger partial charge on any atom is 0.262 e. The first-order chi connectivity index (χ1) is 15.5. The molecule has 2 amide bonds. The topological polar surface area (TPSA) is 84.3 Å². The molecule has 0 saturated carbocycles. The van der Waals surface area contributed by atoms with E-state index in [-0.39, 0.29) is 36.4 Å². The van der Waals surface area contributed by atoms with Crippen molar-refractivity contribution in [2.75, 3.05) is 10.2 Å². The Labute approximate surface area is 187 Å². The van der Waals surface area contributed by atoms with Crippen molar-refractivity contribution in [2.24, 2.45) is 0 Å². The largest absolute Gasteiger partial charge is 0.324 e. The van der Waals surface area contributed by atoms with Crippen molar-refractivity contribution in [3.8, 4) is 10.4 Å². The van der Waals surface area contributed by atoms with Crippen molar-refractivity contribution in [3.05, 3.63) is 77.3 Å². The zero-order valence-electron chi connectivity index (χ0n) is 17.3. The molecule has 4 aromatic rings. The average molecular weight is 445 g/mol. The molecule has 0 aliphatic carbocycles. The quantitative estimate of drug-likeness (QED) is 0.520. The lowest BCUT2D eigenvalue weighted by Gasteiger charge is -2.28. The van der Waals surface area contributed by atoms with Crippen molar-refractivity contribution in [3.63, 3.8) is 0 Å². The Bertz CT molecular complexity index is 1390. The van der Waals surface area contributed by atoms with Gasteiger partial charge < -0.3 is 10.2 Å². The Balaban J connectivity index is 1.49. The SMILES string of the molecule is C[C@@H]1CC(=O)Nc2ccccc2N1C(=O)Cn1cnc2sc(-c3ccccc3)cc2c1=O. The summed E-state index contributed by atoms with van der Waals surface area (Å²) in [5.74, 6) is -0.421. The normalized spacial score (nSPS) is 15.8. The summed E-state index contributed by atoms with van der Waals surface area (Å²) < 4.78 is 1.33. The van der Waals surface area contributed by atoms with E-state index in [2.05, 4.69) is 10.3 Å². The molecule has 0 saturated heterocycles. The summed E-state index contributed by atoms with van der Waals surface area (Å²) in [6.07, 6.45) is 1.60. The number of hydrogen-bond donors (Lipinski definition) is 1. The molecule has 1 aliphatic rings. The lowest BCUT2D eigenvalue weighted by atomic mass is 10.1. The first-order valence-electron chi connectivity index (χ1n) is 10.3. The molecule has 1 N–H and O–H groups in total. The van der Waals surface area contributed by atoms with Crippen LogP contribution in [0.5, 0.6) is 0 Å². The third-order valence-electron chi connectivity index (χ3n) is 5.51. The Kier molecular flexibility index (Phi) is 5.07. The van der Waals surface area contributed by atoms with Gasteiger partial charge in [-0.2, -0.15) is 0 Å². The van der Waals surface area contributed by atoms with Crippen LogP contribution in [0.3, 0.4) is 0 Å². The minimum absolute atomic E-state index is 0.146. The molecular weight excluding hydrogens is 424 g/mol. The number of thiophene rings is 1. The number of carbonyl (C=O) groups is 2. The number of hydrogen-bond acceptors (Lipinski definition) is 5. The molecule has 2 aromatic carbocycles. The Morgan fingerprint density at radius 2 is 1.88 bits per heavy atom. The van der Waals surface area contributed by atoms with Gasteiger partial charge in [0.2, 0.25) is 11.8 Å². The summed E-state index contributed by atoms with van der Waals surface area (Å²) in [6, 6.07) is 18.5. The molecule has 0 unspecified atom stereocenters. The summed E-state index contributed by atoms with van der Waals surface area (Å²) in [6.45, 7) is 1.67. The predicted octanol–water partition coefficient (Wildman–Crippen LogP) is 3.89.